The van der Waals surface area contributed by atoms with E-state index in [0.717, 1.165) is 23.6 Å². The number of halogens is 6. The normalized spacial score (nSPS) is 13.9. The zero-order chi connectivity index (χ0) is 23.3. The first-order chi connectivity index (χ1) is 13.7. The van der Waals surface area contributed by atoms with Gasteiger partial charge >= 0.3 is 30.1 Å². The summed E-state index contributed by atoms with van der Waals surface area (Å²) >= 11 is 0.876. The lowest BCUT2D eigenvalue weighted by atomic mass is 10.1. The van der Waals surface area contributed by atoms with Gasteiger partial charge in [0.2, 0.25) is 0 Å². The fourth-order valence-electron chi connectivity index (χ4n) is 2.34. The zero-order valence-corrected chi connectivity index (χ0v) is 16.7. The number of alkyl halides is 6. The average molecular weight is 461 g/mol. The molecule has 0 saturated heterocycles. The first-order valence-corrected chi connectivity index (χ1v) is 9.10. The lowest BCUT2D eigenvalue weighted by Gasteiger charge is -2.33. The molecule has 0 fully saturated rings. The maximum atomic E-state index is 13.6. The molecule has 1 aromatic rings. The predicted octanol–water partition coefficient (Wildman–Crippen LogP) is 4.01. The fourth-order valence-corrected chi connectivity index (χ4v) is 3.43. The molecule has 0 aliphatic rings. The van der Waals surface area contributed by atoms with Crippen LogP contribution in [-0.2, 0) is 20.7 Å². The van der Waals surface area contributed by atoms with Gasteiger partial charge in [0.1, 0.15) is 17.7 Å². The van der Waals surface area contributed by atoms with Crippen molar-refractivity contribution in [2.75, 3.05) is 18.5 Å². The van der Waals surface area contributed by atoms with E-state index in [4.69, 9.17) is 0 Å². The number of urea groups is 1. The van der Waals surface area contributed by atoms with Crippen LogP contribution in [0.3, 0.4) is 0 Å². The van der Waals surface area contributed by atoms with E-state index in [0.29, 0.717) is 16.9 Å². The number of anilines is 1. The summed E-state index contributed by atoms with van der Waals surface area (Å²) in [6, 6.07) is 0.0771. The number of hydrogen-bond donors (Lipinski definition) is 2. The Balaban J connectivity index is 3.30. The van der Waals surface area contributed by atoms with Crippen LogP contribution in [0.25, 0.3) is 0 Å². The zero-order valence-electron chi connectivity index (χ0n) is 15.9. The third-order valence-electron chi connectivity index (χ3n) is 3.61. The highest BCUT2D eigenvalue weighted by Gasteiger charge is 2.66. The summed E-state index contributed by atoms with van der Waals surface area (Å²) in [7, 11) is 0. The summed E-state index contributed by atoms with van der Waals surface area (Å²) < 4.78 is 86.3. The van der Waals surface area contributed by atoms with Gasteiger partial charge < -0.3 is 9.47 Å². The Morgan fingerprint density at radius 1 is 1.17 bits per heavy atom. The molecule has 1 rings (SSSR count). The molecular formula is C16H17F6N3O4S. The van der Waals surface area contributed by atoms with Crippen molar-refractivity contribution in [1.29, 1.82) is 5.26 Å². The molecule has 2 amide bonds. The monoisotopic (exact) mass is 461 g/mol. The van der Waals surface area contributed by atoms with Gasteiger partial charge in [-0.25, -0.2) is 9.59 Å². The Kier molecular flexibility index (Phi) is 8.09. The number of aryl methyl sites for hydroxylation is 1. The number of carbonyl (C=O) groups excluding carboxylic acids is 2. The first kappa shape index (κ1) is 25.5. The highest BCUT2D eigenvalue weighted by atomic mass is 32.1. The molecule has 0 unspecified atom stereocenters. The molecular weight excluding hydrogens is 444 g/mol. The highest BCUT2D eigenvalue weighted by molar-refractivity contribution is 7.16. The Morgan fingerprint density at radius 2 is 1.77 bits per heavy atom. The Morgan fingerprint density at radius 3 is 2.20 bits per heavy atom. The number of carbonyl (C=O) groups is 2. The van der Waals surface area contributed by atoms with Crippen LogP contribution in [-0.4, -0.2) is 43.3 Å². The molecule has 30 heavy (non-hydrogen) atoms. The third-order valence-corrected chi connectivity index (χ3v) is 4.67. The topological polar surface area (TPSA) is 100 Å². The average Bonchev–Trinajstić information content (AvgIpc) is 2.90. The van der Waals surface area contributed by atoms with Gasteiger partial charge in [-0.05, 0) is 25.8 Å². The number of rotatable bonds is 7. The van der Waals surface area contributed by atoms with E-state index in [9.17, 15) is 41.2 Å². The molecule has 1 atom stereocenters. The van der Waals surface area contributed by atoms with Gasteiger partial charge in [-0.2, -0.15) is 31.6 Å². The van der Waals surface area contributed by atoms with Crippen molar-refractivity contribution < 1.29 is 45.4 Å². The van der Waals surface area contributed by atoms with Gasteiger partial charge in [-0.1, -0.05) is 6.92 Å². The van der Waals surface area contributed by atoms with Crippen molar-refractivity contribution in [3.05, 3.63) is 16.0 Å². The lowest BCUT2D eigenvalue weighted by Crippen LogP contribution is -2.67. The maximum absolute atomic E-state index is 13.6. The molecule has 0 aliphatic heterocycles. The van der Waals surface area contributed by atoms with Crippen LogP contribution in [0.2, 0.25) is 0 Å². The van der Waals surface area contributed by atoms with E-state index in [1.165, 1.54) is 0 Å². The minimum atomic E-state index is -5.81. The van der Waals surface area contributed by atoms with Crippen molar-refractivity contribution in [2.24, 2.45) is 0 Å². The second-order valence-electron chi connectivity index (χ2n) is 5.69. The number of nitriles is 1. The predicted molar refractivity (Wildman–Crippen MR) is 92.7 cm³/mol. The van der Waals surface area contributed by atoms with Crippen LogP contribution in [0, 0.1) is 18.3 Å². The van der Waals surface area contributed by atoms with Crippen LogP contribution < -0.4 is 10.6 Å². The molecule has 2 N–H and O–H groups in total. The Bertz CT molecular complexity index is 831. The summed E-state index contributed by atoms with van der Waals surface area (Å²) in [5, 5.41) is 12.1. The molecule has 0 bridgehead atoms. The number of nitrogens with one attached hydrogen (secondary N) is 2. The second kappa shape index (κ2) is 9.52. The summed E-state index contributed by atoms with van der Waals surface area (Å²) in [6.45, 7) is 1.31. The molecule has 14 heteroatoms. The quantitative estimate of drug-likeness (QED) is 0.363. The van der Waals surface area contributed by atoms with Crippen LogP contribution in [0.15, 0.2) is 0 Å². The van der Waals surface area contributed by atoms with Gasteiger partial charge in [-0.15, -0.1) is 11.3 Å². The van der Waals surface area contributed by atoms with Gasteiger partial charge in [0, 0.05) is 4.88 Å². The van der Waals surface area contributed by atoms with Crippen molar-refractivity contribution in [3.63, 3.8) is 0 Å². The van der Waals surface area contributed by atoms with E-state index >= 15 is 0 Å². The minimum Gasteiger partial charge on any atom is -0.462 e. The highest BCUT2D eigenvalue weighted by Crippen LogP contribution is 2.36. The molecule has 1 heterocycles. The second-order valence-corrected chi connectivity index (χ2v) is 6.91. The van der Waals surface area contributed by atoms with Crippen LogP contribution in [0.5, 0.6) is 0 Å². The molecule has 0 aromatic carbocycles. The van der Waals surface area contributed by atoms with E-state index < -0.39 is 43.3 Å². The Labute approximate surface area is 170 Å². The van der Waals surface area contributed by atoms with Gasteiger partial charge in [-0.3, -0.25) is 10.6 Å². The van der Waals surface area contributed by atoms with Gasteiger partial charge in [0.15, 0.2) is 0 Å². The number of thiophene rings is 1. The smallest absolute Gasteiger partial charge is 0.448 e. The van der Waals surface area contributed by atoms with Gasteiger partial charge in [0.05, 0.1) is 12.2 Å². The van der Waals surface area contributed by atoms with Crippen molar-refractivity contribution in [1.82, 2.24) is 5.32 Å². The van der Waals surface area contributed by atoms with E-state index in [2.05, 4.69) is 9.47 Å². The molecule has 0 radical (unpaired) electrons. The summed E-state index contributed by atoms with van der Waals surface area (Å²) in [5.74, 6) is -2.28. The van der Waals surface area contributed by atoms with E-state index in [1.807, 2.05) is 5.32 Å². The summed E-state index contributed by atoms with van der Waals surface area (Å²) in [5.41, 5.74) is -3.89. The van der Waals surface area contributed by atoms with Crippen LogP contribution in [0.1, 0.15) is 29.9 Å². The van der Waals surface area contributed by atoms with E-state index in [1.54, 1.807) is 19.9 Å². The van der Waals surface area contributed by atoms with Crippen molar-refractivity contribution in [2.45, 2.75) is 45.3 Å². The lowest BCUT2D eigenvalue weighted by molar-refractivity contribution is -0.305. The molecule has 0 spiro atoms. The molecule has 7 nitrogen and oxygen atoms in total. The molecule has 168 valence electrons. The standard InChI is InChI=1S/C16H17F6N3O4S/c1-4-9-8(3)30-11(10(9)6-23)24-13(27)25-15(16(20,21)22,12(26)28-5-2)29-7-14(17,18)19/h4-5,7H2,1-3H3,(H2,24,25,27)/t15-/m1/s1. The SMILES string of the molecule is CCOC(=O)[C@@](NC(=O)Nc1sc(C)c(CC)c1C#N)(OCC(F)(F)F)C(F)(F)F. The summed E-state index contributed by atoms with van der Waals surface area (Å²) in [4.78, 5) is 24.7. The fraction of sp³-hybridized carbons (Fsp3) is 0.562. The number of amides is 2. The Hall–Kier alpha value is -2.53. The number of ether oxygens (including phenoxy) is 2. The molecule has 0 saturated carbocycles. The minimum absolute atomic E-state index is 0.0138. The van der Waals surface area contributed by atoms with Crippen LogP contribution >= 0.6 is 11.3 Å². The molecule has 0 aliphatic carbocycles. The third kappa shape index (κ3) is 5.76. The summed E-state index contributed by atoms with van der Waals surface area (Å²) in [6.07, 6.45) is -10.7. The first-order valence-electron chi connectivity index (χ1n) is 8.28. The maximum Gasteiger partial charge on any atom is 0.448 e. The number of hydrogen-bond acceptors (Lipinski definition) is 6. The number of nitrogens with zero attached hydrogens (tertiary/aromatic N) is 1. The van der Waals surface area contributed by atoms with Gasteiger partial charge in [0.25, 0.3) is 0 Å². The van der Waals surface area contributed by atoms with Crippen LogP contribution in [0.4, 0.5) is 36.1 Å². The largest absolute Gasteiger partial charge is 0.462 e. The van der Waals surface area contributed by atoms with Crippen molar-refractivity contribution in [3.8, 4) is 6.07 Å². The number of esters is 1. The van der Waals surface area contributed by atoms with Crippen molar-refractivity contribution >= 4 is 28.3 Å². The molecule has 1 aromatic heterocycles. The van der Waals surface area contributed by atoms with E-state index in [-0.39, 0.29) is 10.6 Å².